The molecule has 3 rings (SSSR count). The van der Waals surface area contributed by atoms with Gasteiger partial charge in [-0.2, -0.15) is 4.31 Å². The summed E-state index contributed by atoms with van der Waals surface area (Å²) >= 11 is 17.8. The van der Waals surface area contributed by atoms with Crippen LogP contribution in [0.15, 0.2) is 77.7 Å². The van der Waals surface area contributed by atoms with Crippen molar-refractivity contribution in [2.45, 2.75) is 11.3 Å². The van der Waals surface area contributed by atoms with Crippen molar-refractivity contribution in [2.24, 2.45) is 0 Å². The highest BCUT2D eigenvalue weighted by Crippen LogP contribution is 2.23. The third kappa shape index (κ3) is 6.69. The molecule has 0 saturated heterocycles. The molecule has 3 aromatic carbocycles. The maximum absolute atomic E-state index is 13.2. The number of halogens is 3. The maximum atomic E-state index is 13.2. The van der Waals surface area contributed by atoms with Crippen LogP contribution in [0.5, 0.6) is 0 Å². The average Bonchev–Trinajstić information content (AvgIpc) is 2.71. The molecule has 3 aromatic rings. The SMILES string of the molecule is O=C(CN(CCc1ccccc1)S(=O)(=O)c1ccc(Cl)cc1)Nc1cc(Cl)cc(Cl)c1. The first kappa shape index (κ1) is 23.6. The van der Waals surface area contributed by atoms with Gasteiger partial charge in [0.1, 0.15) is 0 Å². The molecule has 31 heavy (non-hydrogen) atoms. The molecule has 0 radical (unpaired) electrons. The zero-order valence-electron chi connectivity index (χ0n) is 16.3. The average molecular weight is 498 g/mol. The molecule has 0 aliphatic heterocycles. The van der Waals surface area contributed by atoms with E-state index in [1.807, 2.05) is 30.3 Å². The first-order chi connectivity index (χ1) is 14.7. The molecule has 0 fully saturated rings. The predicted octanol–water partition coefficient (Wildman–Crippen LogP) is 5.52. The summed E-state index contributed by atoms with van der Waals surface area (Å²) in [7, 11) is -3.93. The van der Waals surface area contributed by atoms with Crippen LogP contribution in [0, 0.1) is 0 Å². The predicted molar refractivity (Wildman–Crippen MR) is 125 cm³/mol. The topological polar surface area (TPSA) is 66.5 Å². The lowest BCUT2D eigenvalue weighted by molar-refractivity contribution is -0.116. The molecule has 0 aliphatic carbocycles. The van der Waals surface area contributed by atoms with Gasteiger partial charge in [0.25, 0.3) is 0 Å². The number of carbonyl (C=O) groups excluding carboxylic acids is 1. The Hall–Kier alpha value is -2.09. The number of amides is 1. The number of sulfonamides is 1. The van der Waals surface area contributed by atoms with Crippen LogP contribution in [-0.2, 0) is 21.2 Å². The molecular formula is C22H19Cl3N2O3S. The van der Waals surface area contributed by atoms with E-state index in [9.17, 15) is 13.2 Å². The van der Waals surface area contributed by atoms with Crippen LogP contribution in [-0.4, -0.2) is 31.7 Å². The van der Waals surface area contributed by atoms with Gasteiger partial charge in [0, 0.05) is 27.3 Å². The monoisotopic (exact) mass is 496 g/mol. The van der Waals surface area contributed by atoms with E-state index in [2.05, 4.69) is 5.32 Å². The minimum absolute atomic E-state index is 0.0589. The van der Waals surface area contributed by atoms with Crippen molar-refractivity contribution in [2.75, 3.05) is 18.4 Å². The van der Waals surface area contributed by atoms with Crippen LogP contribution in [0.25, 0.3) is 0 Å². The van der Waals surface area contributed by atoms with Gasteiger partial charge in [0.2, 0.25) is 15.9 Å². The molecule has 0 heterocycles. The van der Waals surface area contributed by atoms with E-state index in [0.29, 0.717) is 27.2 Å². The molecule has 0 spiro atoms. The quantitative estimate of drug-likeness (QED) is 0.446. The lowest BCUT2D eigenvalue weighted by Gasteiger charge is -2.22. The van der Waals surface area contributed by atoms with E-state index < -0.39 is 15.9 Å². The Labute approximate surface area is 196 Å². The van der Waals surface area contributed by atoms with Crippen LogP contribution in [0.4, 0.5) is 5.69 Å². The number of nitrogens with one attached hydrogen (secondary N) is 1. The number of nitrogens with zero attached hydrogens (tertiary/aromatic N) is 1. The molecule has 1 amide bonds. The van der Waals surface area contributed by atoms with Gasteiger partial charge in [0.05, 0.1) is 11.4 Å². The number of hydrogen-bond donors (Lipinski definition) is 1. The molecule has 0 bridgehead atoms. The van der Waals surface area contributed by atoms with Crippen molar-refractivity contribution in [1.82, 2.24) is 4.31 Å². The van der Waals surface area contributed by atoms with E-state index in [4.69, 9.17) is 34.8 Å². The molecule has 162 valence electrons. The Kier molecular flexibility index (Phi) is 7.97. The fourth-order valence-electron chi connectivity index (χ4n) is 2.93. The molecule has 5 nitrogen and oxygen atoms in total. The lowest BCUT2D eigenvalue weighted by atomic mass is 10.1. The van der Waals surface area contributed by atoms with E-state index in [1.165, 1.54) is 42.5 Å². The number of carbonyl (C=O) groups is 1. The van der Waals surface area contributed by atoms with Gasteiger partial charge >= 0.3 is 0 Å². The molecule has 0 unspecified atom stereocenters. The van der Waals surface area contributed by atoms with Gasteiger partial charge in [-0.05, 0) is 54.4 Å². The fraction of sp³-hybridized carbons (Fsp3) is 0.136. The normalized spacial score (nSPS) is 11.5. The van der Waals surface area contributed by atoms with Crippen molar-refractivity contribution < 1.29 is 13.2 Å². The van der Waals surface area contributed by atoms with Crippen LogP contribution in [0.1, 0.15) is 5.56 Å². The highest BCUT2D eigenvalue weighted by molar-refractivity contribution is 7.89. The Morgan fingerprint density at radius 2 is 1.45 bits per heavy atom. The van der Waals surface area contributed by atoms with Crippen molar-refractivity contribution in [3.63, 3.8) is 0 Å². The second-order valence-electron chi connectivity index (χ2n) is 6.73. The number of hydrogen-bond acceptors (Lipinski definition) is 3. The highest BCUT2D eigenvalue weighted by Gasteiger charge is 2.26. The van der Waals surface area contributed by atoms with Crippen LogP contribution >= 0.6 is 34.8 Å². The van der Waals surface area contributed by atoms with Crippen molar-refractivity contribution in [3.8, 4) is 0 Å². The lowest BCUT2D eigenvalue weighted by Crippen LogP contribution is -2.39. The molecule has 0 aliphatic rings. The summed E-state index contributed by atoms with van der Waals surface area (Å²) < 4.78 is 27.6. The number of anilines is 1. The van der Waals surface area contributed by atoms with Gasteiger partial charge in [0.15, 0.2) is 0 Å². The third-order valence-corrected chi connectivity index (χ3v) is 6.96. The van der Waals surface area contributed by atoms with Gasteiger partial charge in [-0.3, -0.25) is 4.79 Å². The van der Waals surface area contributed by atoms with E-state index >= 15 is 0 Å². The molecule has 0 saturated carbocycles. The molecule has 0 aromatic heterocycles. The first-order valence-electron chi connectivity index (χ1n) is 9.29. The van der Waals surface area contributed by atoms with E-state index in [0.717, 1.165) is 9.87 Å². The second-order valence-corrected chi connectivity index (χ2v) is 9.98. The summed E-state index contributed by atoms with van der Waals surface area (Å²) in [5, 5.41) is 3.79. The standard InChI is InChI=1S/C22H19Cl3N2O3S/c23-17-6-8-21(9-7-17)31(29,30)27(11-10-16-4-2-1-3-5-16)15-22(28)26-20-13-18(24)12-19(25)14-20/h1-9,12-14H,10-11,15H2,(H,26,28). The first-order valence-corrected chi connectivity index (χ1v) is 11.9. The second kappa shape index (κ2) is 10.5. The summed E-state index contributed by atoms with van der Waals surface area (Å²) in [5.74, 6) is -0.510. The fourth-order valence-corrected chi connectivity index (χ4v) is 4.97. The summed E-state index contributed by atoms with van der Waals surface area (Å²) in [6, 6.07) is 19.9. The minimum atomic E-state index is -3.93. The summed E-state index contributed by atoms with van der Waals surface area (Å²) in [6.45, 7) is -0.249. The van der Waals surface area contributed by atoms with E-state index in [1.54, 1.807) is 0 Å². The number of rotatable bonds is 8. The summed E-state index contributed by atoms with van der Waals surface area (Å²) in [6.07, 6.45) is 0.448. The minimum Gasteiger partial charge on any atom is -0.325 e. The molecule has 0 atom stereocenters. The zero-order chi connectivity index (χ0) is 22.4. The third-order valence-electron chi connectivity index (χ3n) is 4.41. The highest BCUT2D eigenvalue weighted by atomic mass is 35.5. The van der Waals surface area contributed by atoms with Crippen LogP contribution in [0.2, 0.25) is 15.1 Å². The molecular weight excluding hydrogens is 479 g/mol. The van der Waals surface area contributed by atoms with Crippen LogP contribution in [0.3, 0.4) is 0 Å². The Morgan fingerprint density at radius 1 is 0.839 bits per heavy atom. The Balaban J connectivity index is 1.82. The van der Waals surface area contributed by atoms with Gasteiger partial charge in [-0.25, -0.2) is 8.42 Å². The van der Waals surface area contributed by atoms with E-state index in [-0.39, 0.29) is 18.0 Å². The number of benzene rings is 3. The summed E-state index contributed by atoms with van der Waals surface area (Å²) in [4.78, 5) is 12.7. The molecule has 9 heteroatoms. The summed E-state index contributed by atoms with van der Waals surface area (Å²) in [5.41, 5.74) is 1.34. The van der Waals surface area contributed by atoms with Crippen molar-refractivity contribution >= 4 is 56.4 Å². The zero-order valence-corrected chi connectivity index (χ0v) is 19.3. The van der Waals surface area contributed by atoms with Gasteiger partial charge in [-0.1, -0.05) is 65.1 Å². The smallest absolute Gasteiger partial charge is 0.243 e. The Morgan fingerprint density at radius 3 is 2.06 bits per heavy atom. The largest absolute Gasteiger partial charge is 0.325 e. The van der Waals surface area contributed by atoms with Crippen molar-refractivity contribution in [1.29, 1.82) is 0 Å². The van der Waals surface area contributed by atoms with Crippen LogP contribution < -0.4 is 5.32 Å². The van der Waals surface area contributed by atoms with Crippen molar-refractivity contribution in [3.05, 3.63) is 93.4 Å². The van der Waals surface area contributed by atoms with Gasteiger partial charge in [-0.15, -0.1) is 0 Å². The van der Waals surface area contributed by atoms with Gasteiger partial charge < -0.3 is 5.32 Å². The molecule has 1 N–H and O–H groups in total. The maximum Gasteiger partial charge on any atom is 0.243 e. The Bertz CT molecular complexity index is 1130.